The Morgan fingerprint density at radius 1 is 1.23 bits per heavy atom. The van der Waals surface area contributed by atoms with Crippen LogP contribution in [0.2, 0.25) is 5.02 Å². The molecule has 31 heavy (non-hydrogen) atoms. The highest BCUT2D eigenvalue weighted by Gasteiger charge is 2.20. The number of hydrogen-bond donors (Lipinski definition) is 1. The van der Waals surface area contributed by atoms with Crippen molar-refractivity contribution in [1.82, 2.24) is 14.8 Å². The van der Waals surface area contributed by atoms with E-state index in [4.69, 9.17) is 16.3 Å². The first kappa shape index (κ1) is 23.6. The lowest BCUT2D eigenvalue weighted by atomic mass is 10.1. The highest BCUT2D eigenvalue weighted by molar-refractivity contribution is 9.10. The van der Waals surface area contributed by atoms with Gasteiger partial charge in [0.25, 0.3) is 0 Å². The summed E-state index contributed by atoms with van der Waals surface area (Å²) < 4.78 is 8.95. The lowest BCUT2D eigenvalue weighted by Crippen LogP contribution is -2.16. The highest BCUT2D eigenvalue weighted by atomic mass is 79.9. The Morgan fingerprint density at radius 2 is 1.97 bits per heavy atom. The van der Waals surface area contributed by atoms with Crippen LogP contribution in [-0.4, -0.2) is 26.4 Å². The first-order chi connectivity index (χ1) is 14.8. The predicted molar refractivity (Wildman–Crippen MR) is 129 cm³/mol. The van der Waals surface area contributed by atoms with Crippen LogP contribution < -0.4 is 10.1 Å². The molecule has 0 aliphatic rings. The number of aromatic nitrogens is 3. The second kappa shape index (κ2) is 10.5. The Hall–Kier alpha value is -2.03. The van der Waals surface area contributed by atoms with Crippen LogP contribution in [0.4, 0.5) is 5.69 Å². The first-order valence-electron chi connectivity index (χ1n) is 9.84. The number of para-hydroxylation sites is 1. The van der Waals surface area contributed by atoms with Gasteiger partial charge in [0.2, 0.25) is 5.91 Å². The van der Waals surface area contributed by atoms with E-state index >= 15 is 0 Å². The van der Waals surface area contributed by atoms with Crippen LogP contribution in [0.3, 0.4) is 0 Å². The van der Waals surface area contributed by atoms with Crippen LogP contribution in [0.1, 0.15) is 36.9 Å². The molecule has 0 saturated carbocycles. The first-order valence-corrected chi connectivity index (χ1v) is 12.0. The predicted octanol–water partition coefficient (Wildman–Crippen LogP) is 6.20. The van der Waals surface area contributed by atoms with Gasteiger partial charge in [-0.15, -0.1) is 10.2 Å². The van der Waals surface area contributed by atoms with Crippen LogP contribution in [0, 0.1) is 13.8 Å². The van der Waals surface area contributed by atoms with Crippen molar-refractivity contribution in [3.63, 3.8) is 0 Å². The molecule has 0 fully saturated rings. The van der Waals surface area contributed by atoms with Crippen molar-refractivity contribution in [2.45, 2.75) is 45.5 Å². The van der Waals surface area contributed by atoms with E-state index < -0.39 is 0 Å². The minimum atomic E-state index is -0.344. The molecule has 3 aromatic rings. The number of carbonyl (C=O) groups is 1. The number of anilines is 1. The van der Waals surface area contributed by atoms with Gasteiger partial charge in [-0.25, -0.2) is 0 Å². The topological polar surface area (TPSA) is 69.0 Å². The Morgan fingerprint density at radius 3 is 2.68 bits per heavy atom. The fourth-order valence-corrected chi connectivity index (χ4v) is 4.45. The van der Waals surface area contributed by atoms with Gasteiger partial charge < -0.3 is 14.6 Å². The summed E-state index contributed by atoms with van der Waals surface area (Å²) in [5.74, 6) is 1.41. The fourth-order valence-electron chi connectivity index (χ4n) is 3.03. The van der Waals surface area contributed by atoms with Crippen molar-refractivity contribution >= 4 is 50.9 Å². The van der Waals surface area contributed by atoms with E-state index in [1.165, 1.54) is 11.8 Å². The van der Waals surface area contributed by atoms with E-state index in [0.717, 1.165) is 21.3 Å². The van der Waals surface area contributed by atoms with Crippen LogP contribution in [0.5, 0.6) is 5.75 Å². The zero-order valence-corrected chi connectivity index (χ0v) is 20.9. The number of nitrogens with zero attached hydrogens (tertiary/aromatic N) is 3. The molecule has 1 atom stereocenters. The summed E-state index contributed by atoms with van der Waals surface area (Å²) in [6.07, 6.45) is -0.344. The number of halogens is 2. The maximum Gasteiger partial charge on any atom is 0.234 e. The minimum absolute atomic E-state index is 0.0950. The lowest BCUT2D eigenvalue weighted by molar-refractivity contribution is -0.113. The number of rotatable bonds is 8. The Labute approximate surface area is 199 Å². The second-order valence-electron chi connectivity index (χ2n) is 6.96. The Kier molecular flexibility index (Phi) is 8.02. The van der Waals surface area contributed by atoms with E-state index in [0.29, 0.717) is 28.3 Å². The van der Waals surface area contributed by atoms with Crippen LogP contribution >= 0.6 is 39.3 Å². The molecular formula is C22H24BrClN4O2S. The van der Waals surface area contributed by atoms with Gasteiger partial charge in [-0.2, -0.15) is 0 Å². The van der Waals surface area contributed by atoms with E-state index in [-0.39, 0.29) is 17.8 Å². The zero-order valence-electron chi connectivity index (χ0n) is 17.8. The highest BCUT2D eigenvalue weighted by Crippen LogP contribution is 2.30. The number of ether oxygens (including phenoxy) is 1. The average molecular weight is 524 g/mol. The molecule has 6 nitrogen and oxygen atoms in total. The van der Waals surface area contributed by atoms with Gasteiger partial charge in [-0.1, -0.05) is 51.4 Å². The third kappa shape index (κ3) is 5.61. The largest absolute Gasteiger partial charge is 0.481 e. The molecule has 0 aliphatic carbocycles. The van der Waals surface area contributed by atoms with Gasteiger partial charge in [-0.05, 0) is 63.1 Å². The molecule has 3 rings (SSSR count). The number of amides is 1. The second-order valence-corrected chi connectivity index (χ2v) is 9.16. The molecular weight excluding hydrogens is 500 g/mol. The molecule has 0 radical (unpaired) electrons. The molecule has 1 heterocycles. The number of benzene rings is 2. The quantitative estimate of drug-likeness (QED) is 0.356. The van der Waals surface area contributed by atoms with Gasteiger partial charge in [0.1, 0.15) is 5.75 Å². The standard InChI is InChI=1S/C22H24BrClN4O2S/c1-5-28-21(15(4)30-19-9-7-6-8-17(19)24)26-27-22(28)31-12-20(29)25-18-11-10-16(23)13(2)14(18)3/h6-11,15H,5,12H2,1-4H3,(H,25,29). The molecule has 1 N–H and O–H groups in total. The van der Waals surface area contributed by atoms with Gasteiger partial charge in [0.05, 0.1) is 10.8 Å². The normalized spacial score (nSPS) is 11.9. The molecule has 1 unspecified atom stereocenters. The summed E-state index contributed by atoms with van der Waals surface area (Å²) in [6.45, 7) is 8.57. The van der Waals surface area contributed by atoms with Gasteiger partial charge >= 0.3 is 0 Å². The fraction of sp³-hybridized carbons (Fsp3) is 0.318. The third-order valence-corrected chi connectivity index (χ3v) is 7.03. The number of nitrogens with one attached hydrogen (secondary N) is 1. The molecule has 164 valence electrons. The molecule has 0 bridgehead atoms. The van der Waals surface area contributed by atoms with Crippen LogP contribution in [0.25, 0.3) is 0 Å². The molecule has 0 spiro atoms. The Balaban J connectivity index is 1.66. The van der Waals surface area contributed by atoms with Gasteiger partial charge in [0.15, 0.2) is 17.1 Å². The van der Waals surface area contributed by atoms with Crippen molar-refractivity contribution in [3.8, 4) is 5.75 Å². The van der Waals surface area contributed by atoms with E-state index in [1.54, 1.807) is 6.07 Å². The summed E-state index contributed by atoms with van der Waals surface area (Å²) in [5.41, 5.74) is 2.95. The van der Waals surface area contributed by atoms with Crippen molar-refractivity contribution in [2.75, 3.05) is 11.1 Å². The summed E-state index contributed by atoms with van der Waals surface area (Å²) in [7, 11) is 0. The molecule has 9 heteroatoms. The number of thioether (sulfide) groups is 1. The maximum atomic E-state index is 12.5. The van der Waals surface area contributed by atoms with Crippen molar-refractivity contribution < 1.29 is 9.53 Å². The smallest absolute Gasteiger partial charge is 0.234 e. The van der Waals surface area contributed by atoms with Crippen molar-refractivity contribution in [2.24, 2.45) is 0 Å². The molecule has 1 amide bonds. The molecule has 0 saturated heterocycles. The van der Waals surface area contributed by atoms with E-state index in [9.17, 15) is 4.79 Å². The van der Waals surface area contributed by atoms with Crippen LogP contribution in [-0.2, 0) is 11.3 Å². The van der Waals surface area contributed by atoms with Crippen molar-refractivity contribution in [3.05, 3.63) is 62.8 Å². The number of carbonyl (C=O) groups excluding carboxylic acids is 1. The van der Waals surface area contributed by atoms with E-state index in [2.05, 4.69) is 31.4 Å². The van der Waals surface area contributed by atoms with Gasteiger partial charge in [-0.3, -0.25) is 4.79 Å². The average Bonchev–Trinajstić information content (AvgIpc) is 3.17. The summed E-state index contributed by atoms with van der Waals surface area (Å²) >= 11 is 11.1. The summed E-state index contributed by atoms with van der Waals surface area (Å²) in [5, 5.41) is 12.8. The Bertz CT molecular complexity index is 1090. The lowest BCUT2D eigenvalue weighted by Gasteiger charge is -2.16. The molecule has 0 aliphatic heterocycles. The van der Waals surface area contributed by atoms with Crippen molar-refractivity contribution in [1.29, 1.82) is 0 Å². The minimum Gasteiger partial charge on any atom is -0.481 e. The summed E-state index contributed by atoms with van der Waals surface area (Å²) in [6, 6.07) is 11.2. The molecule has 1 aromatic heterocycles. The summed E-state index contributed by atoms with van der Waals surface area (Å²) in [4.78, 5) is 12.5. The SMILES string of the molecule is CCn1c(SCC(=O)Nc2ccc(Br)c(C)c2C)nnc1C(C)Oc1ccccc1Cl. The number of hydrogen-bond acceptors (Lipinski definition) is 5. The van der Waals surface area contributed by atoms with Gasteiger partial charge in [0, 0.05) is 16.7 Å². The van der Waals surface area contributed by atoms with Crippen LogP contribution in [0.15, 0.2) is 46.0 Å². The third-order valence-electron chi connectivity index (χ3n) is 4.89. The zero-order chi connectivity index (χ0) is 22.5. The molecule has 2 aromatic carbocycles. The monoisotopic (exact) mass is 522 g/mol. The van der Waals surface area contributed by atoms with E-state index in [1.807, 2.05) is 62.6 Å². The maximum absolute atomic E-state index is 12.5.